The number of hydrogen-bond donors (Lipinski definition) is 0. The molecule has 47 heavy (non-hydrogen) atoms. The van der Waals surface area contributed by atoms with Crippen LogP contribution < -0.4 is 24.8 Å². The SMILES string of the molecule is CC1=Cc2c(-c3cc(C)cc(C)c3)c(C)c(C)c(C)c2[CH]1[Zr+2]1([CH]2C(C)=Cc3c(-c4cc(C)cc(C)c4)c(C)c(C)c(C)c32)[CH2][CH2]1.[Cl-].[Cl-]. The van der Waals surface area contributed by atoms with E-state index in [2.05, 4.69) is 132 Å². The van der Waals surface area contributed by atoms with Crippen LogP contribution in [0.2, 0.25) is 8.26 Å². The van der Waals surface area contributed by atoms with Crippen molar-refractivity contribution in [1.82, 2.24) is 0 Å². The summed E-state index contributed by atoms with van der Waals surface area (Å²) in [7, 11) is 0. The van der Waals surface area contributed by atoms with Crippen LogP contribution in [0, 0.1) is 69.2 Å². The van der Waals surface area contributed by atoms with Crippen LogP contribution in [0.25, 0.3) is 34.4 Å². The molecule has 0 amide bonds. The molecule has 1 aliphatic heterocycles. The molecule has 1 saturated heterocycles. The van der Waals surface area contributed by atoms with Crippen LogP contribution in [-0.4, -0.2) is 0 Å². The Bertz CT molecular complexity index is 1850. The topological polar surface area (TPSA) is 0 Å². The fourth-order valence-corrected chi connectivity index (χ4v) is 28.0. The molecule has 0 aromatic heterocycles. The van der Waals surface area contributed by atoms with E-state index in [0.717, 1.165) is 0 Å². The minimum absolute atomic E-state index is 0. The van der Waals surface area contributed by atoms with Crippen molar-refractivity contribution < 1.29 is 45.1 Å². The number of fused-ring (bicyclic) bond motifs is 2. The zero-order valence-corrected chi connectivity index (χ0v) is 34.4. The summed E-state index contributed by atoms with van der Waals surface area (Å²) in [6.45, 7) is 28.4. The average molecular weight is 741 g/mol. The summed E-state index contributed by atoms with van der Waals surface area (Å²) in [5.41, 5.74) is 30.0. The zero-order valence-electron chi connectivity index (χ0n) is 30.4. The van der Waals surface area contributed by atoms with Gasteiger partial charge in [-0.25, -0.2) is 0 Å². The molecule has 2 aliphatic carbocycles. The first-order valence-corrected chi connectivity index (χ1v) is 23.4. The van der Waals surface area contributed by atoms with Crippen LogP contribution in [0.4, 0.5) is 0 Å². The third-order valence-electron chi connectivity index (χ3n) is 12.2. The summed E-state index contributed by atoms with van der Waals surface area (Å²) in [6, 6.07) is 14.3. The molecule has 3 aliphatic rings. The fourth-order valence-electron chi connectivity index (χ4n) is 9.89. The second-order valence-corrected chi connectivity index (χ2v) is 26.6. The van der Waals surface area contributed by atoms with Crippen molar-refractivity contribution >= 4 is 12.2 Å². The average Bonchev–Trinajstić information content (AvgIpc) is 3.55. The van der Waals surface area contributed by atoms with Gasteiger partial charge in [-0.15, -0.1) is 0 Å². The Morgan fingerprint density at radius 1 is 0.426 bits per heavy atom. The van der Waals surface area contributed by atoms with Crippen LogP contribution in [0.3, 0.4) is 0 Å². The van der Waals surface area contributed by atoms with Crippen molar-refractivity contribution in [3.05, 3.63) is 125 Å². The normalized spacial score (nSPS) is 17.9. The van der Waals surface area contributed by atoms with Gasteiger partial charge in [0.2, 0.25) is 0 Å². The number of hydrogen-bond acceptors (Lipinski definition) is 0. The number of rotatable bonds is 4. The number of halogens is 2. The summed E-state index contributed by atoms with van der Waals surface area (Å²) < 4.78 is 4.30. The van der Waals surface area contributed by atoms with Crippen LogP contribution in [0.15, 0.2) is 47.5 Å². The van der Waals surface area contributed by atoms with Crippen LogP contribution in [0.5, 0.6) is 0 Å². The van der Waals surface area contributed by atoms with E-state index in [1.165, 1.54) is 75.0 Å². The molecule has 4 aromatic rings. The first-order chi connectivity index (χ1) is 21.2. The summed E-state index contributed by atoms with van der Waals surface area (Å²) in [5.74, 6) is 0. The van der Waals surface area contributed by atoms with Gasteiger partial charge < -0.3 is 24.8 Å². The molecule has 3 heteroatoms. The Hall–Kier alpha value is -2.18. The Labute approximate surface area is 301 Å². The van der Waals surface area contributed by atoms with Crippen LogP contribution in [0.1, 0.15) is 99.0 Å². The van der Waals surface area contributed by atoms with Crippen molar-refractivity contribution in [3.63, 3.8) is 0 Å². The summed E-state index contributed by atoms with van der Waals surface area (Å²) in [5, 5.41) is 0. The molecule has 0 nitrogen and oxygen atoms in total. The predicted molar refractivity (Wildman–Crippen MR) is 194 cm³/mol. The van der Waals surface area contributed by atoms with E-state index in [4.69, 9.17) is 0 Å². The van der Waals surface area contributed by atoms with Gasteiger partial charge in [0.05, 0.1) is 0 Å². The minimum Gasteiger partial charge on any atom is -1.00 e. The molecular formula is C44H50Cl2Zr. The largest absolute Gasteiger partial charge is 1.00 e. The molecule has 7 rings (SSSR count). The monoisotopic (exact) mass is 738 g/mol. The van der Waals surface area contributed by atoms with Gasteiger partial charge in [-0.1, -0.05) is 0 Å². The molecule has 0 bridgehead atoms. The van der Waals surface area contributed by atoms with Gasteiger partial charge >= 0.3 is 279 Å². The third-order valence-corrected chi connectivity index (χ3v) is 25.5. The third kappa shape index (κ3) is 5.43. The van der Waals surface area contributed by atoms with E-state index < -0.39 is 20.3 Å². The van der Waals surface area contributed by atoms with Gasteiger partial charge in [0.25, 0.3) is 0 Å². The second-order valence-electron chi connectivity index (χ2n) is 15.3. The maximum atomic E-state index is 2.63. The number of benzene rings is 4. The maximum Gasteiger partial charge on any atom is -1.00 e. The van der Waals surface area contributed by atoms with Gasteiger partial charge in [-0.05, 0) is 0 Å². The quantitative estimate of drug-likeness (QED) is 0.218. The van der Waals surface area contributed by atoms with Gasteiger partial charge in [0, 0.05) is 0 Å². The Kier molecular flexibility index (Phi) is 9.69. The van der Waals surface area contributed by atoms with Gasteiger partial charge in [0.1, 0.15) is 0 Å². The first-order valence-electron chi connectivity index (χ1n) is 17.1. The van der Waals surface area contributed by atoms with Gasteiger partial charge in [-0.2, -0.15) is 0 Å². The molecule has 244 valence electrons. The summed E-state index contributed by atoms with van der Waals surface area (Å²) in [4.78, 5) is 0. The Morgan fingerprint density at radius 2 is 0.745 bits per heavy atom. The summed E-state index contributed by atoms with van der Waals surface area (Å²) >= 11 is -2.81. The van der Waals surface area contributed by atoms with Crippen molar-refractivity contribution in [1.29, 1.82) is 0 Å². The van der Waals surface area contributed by atoms with Gasteiger partial charge in [0.15, 0.2) is 0 Å². The van der Waals surface area contributed by atoms with Crippen molar-refractivity contribution in [3.8, 4) is 22.3 Å². The van der Waals surface area contributed by atoms with Crippen LogP contribution in [-0.2, 0) is 20.3 Å². The minimum atomic E-state index is -2.81. The molecule has 0 N–H and O–H groups in total. The molecule has 4 aromatic carbocycles. The number of allylic oxidation sites excluding steroid dienone is 2. The van der Waals surface area contributed by atoms with Gasteiger partial charge in [-0.3, -0.25) is 0 Å². The molecular weight excluding hydrogens is 691 g/mol. The first kappa shape index (κ1) is 36.1. The fraction of sp³-hybridized carbons (Fsp3) is 0.364. The smallest absolute Gasteiger partial charge is 1.00 e. The Morgan fingerprint density at radius 3 is 1.04 bits per heavy atom. The maximum absolute atomic E-state index is 2.81. The van der Waals surface area contributed by atoms with Crippen molar-refractivity contribution in [2.24, 2.45) is 0 Å². The van der Waals surface area contributed by atoms with E-state index >= 15 is 0 Å². The number of aryl methyl sites for hydroxylation is 4. The van der Waals surface area contributed by atoms with E-state index in [1.807, 2.05) is 0 Å². The molecule has 0 saturated carbocycles. The zero-order chi connectivity index (χ0) is 32.3. The molecule has 2 atom stereocenters. The molecule has 0 spiro atoms. The second kappa shape index (κ2) is 12.6. The standard InChI is InChI=1S/2C21H23.C2H4.2ClH.Zr/c2*1-12-7-13(2)9-18(8-12)21-17(6)15(4)16(5)19-10-14(3)11-20(19)21;1-2;;;/h2*7-11H,1-6H3;1-2H2;2*1H;/q;;;;;+2/p-2. The molecule has 1 fully saturated rings. The van der Waals surface area contributed by atoms with E-state index in [-0.39, 0.29) is 24.8 Å². The van der Waals surface area contributed by atoms with E-state index in [1.54, 1.807) is 44.5 Å². The molecule has 0 radical (unpaired) electrons. The van der Waals surface area contributed by atoms with Crippen molar-refractivity contribution in [2.45, 2.75) is 98.6 Å². The molecule has 1 heterocycles. The Balaban J connectivity index is 0.00000217. The molecule has 2 unspecified atom stereocenters. The van der Waals surface area contributed by atoms with E-state index in [0.29, 0.717) is 7.25 Å². The summed E-state index contributed by atoms with van der Waals surface area (Å²) in [6.07, 6.45) is 5.26. The van der Waals surface area contributed by atoms with E-state index in [9.17, 15) is 0 Å². The van der Waals surface area contributed by atoms with Crippen molar-refractivity contribution in [2.75, 3.05) is 0 Å². The van der Waals surface area contributed by atoms with Crippen LogP contribution >= 0.6 is 0 Å². The predicted octanol–water partition coefficient (Wildman–Crippen LogP) is 6.73.